The number of pyridine rings is 1. The monoisotopic (exact) mass is 388 g/mol. The molecular formula is C25H28N2O2. The number of carbonyl (C=O) groups is 1. The van der Waals surface area contributed by atoms with Crippen LogP contribution in [0.1, 0.15) is 48.5 Å². The van der Waals surface area contributed by atoms with Crippen molar-refractivity contribution in [1.82, 2.24) is 10.3 Å². The lowest BCUT2D eigenvalue weighted by molar-refractivity contribution is 0.0951. The highest BCUT2D eigenvalue weighted by atomic mass is 16.5. The van der Waals surface area contributed by atoms with Crippen LogP contribution in [0.25, 0.3) is 10.9 Å². The Bertz CT molecular complexity index is 966. The van der Waals surface area contributed by atoms with Gasteiger partial charge < -0.3 is 10.1 Å². The molecule has 3 rings (SSSR count). The minimum atomic E-state index is -0.0952. The molecule has 3 aromatic rings. The molecule has 0 bridgehead atoms. The van der Waals surface area contributed by atoms with Crippen molar-refractivity contribution in [3.05, 3.63) is 84.1 Å². The van der Waals surface area contributed by atoms with E-state index in [9.17, 15) is 4.79 Å². The molecule has 150 valence electrons. The second kappa shape index (κ2) is 11.0. The molecule has 1 amide bonds. The number of nitrogens with zero attached hydrogens (tertiary/aromatic N) is 1. The van der Waals surface area contributed by atoms with Gasteiger partial charge in [0.25, 0.3) is 5.91 Å². The molecule has 0 aliphatic rings. The van der Waals surface area contributed by atoms with Gasteiger partial charge >= 0.3 is 0 Å². The first kappa shape index (κ1) is 20.6. The topological polar surface area (TPSA) is 51.2 Å². The molecule has 1 heterocycles. The highest BCUT2D eigenvalue weighted by molar-refractivity contribution is 5.97. The van der Waals surface area contributed by atoms with Gasteiger partial charge in [-0.3, -0.25) is 9.78 Å². The molecule has 4 nitrogen and oxygen atoms in total. The maximum absolute atomic E-state index is 12.5. The third kappa shape index (κ3) is 6.46. The van der Waals surface area contributed by atoms with Gasteiger partial charge in [0.2, 0.25) is 0 Å². The van der Waals surface area contributed by atoms with Crippen molar-refractivity contribution in [2.75, 3.05) is 6.61 Å². The summed E-state index contributed by atoms with van der Waals surface area (Å²) in [5.74, 6) is 0.750. The fourth-order valence-corrected chi connectivity index (χ4v) is 3.09. The summed E-state index contributed by atoms with van der Waals surface area (Å²) in [7, 11) is 0. The second-order valence-electron chi connectivity index (χ2n) is 6.96. The smallest absolute Gasteiger partial charge is 0.251 e. The van der Waals surface area contributed by atoms with E-state index in [0.29, 0.717) is 18.7 Å². The number of aromatic nitrogens is 1. The lowest BCUT2D eigenvalue weighted by Crippen LogP contribution is -2.22. The molecule has 2 aromatic carbocycles. The molecule has 4 heteroatoms. The van der Waals surface area contributed by atoms with E-state index in [-0.39, 0.29) is 5.91 Å². The number of hydrogen-bond acceptors (Lipinski definition) is 3. The average Bonchev–Trinajstić information content (AvgIpc) is 2.77. The minimum Gasteiger partial charge on any atom is -0.494 e. The van der Waals surface area contributed by atoms with Crippen LogP contribution in [0.4, 0.5) is 0 Å². The first-order valence-electron chi connectivity index (χ1n) is 10.3. The predicted molar refractivity (Wildman–Crippen MR) is 118 cm³/mol. The molecule has 0 atom stereocenters. The zero-order chi connectivity index (χ0) is 20.3. The van der Waals surface area contributed by atoms with Crippen molar-refractivity contribution in [3.63, 3.8) is 0 Å². The number of hydrogen-bond donors (Lipinski definition) is 1. The Morgan fingerprint density at radius 3 is 2.90 bits per heavy atom. The molecule has 1 aromatic heterocycles. The Kier molecular flexibility index (Phi) is 7.81. The van der Waals surface area contributed by atoms with Crippen molar-refractivity contribution >= 4 is 16.8 Å². The highest BCUT2D eigenvalue weighted by Gasteiger charge is 2.07. The Hall–Kier alpha value is -3.14. The summed E-state index contributed by atoms with van der Waals surface area (Å²) >= 11 is 0. The maximum atomic E-state index is 12.5. The molecular weight excluding hydrogens is 360 g/mol. The SMILES string of the molecule is CCC=CCCCCOc1cccc(CNC(=O)c2ccc3ncccc3c2)c1. The number of fused-ring (bicyclic) bond motifs is 1. The summed E-state index contributed by atoms with van der Waals surface area (Å²) in [5, 5.41) is 3.94. The van der Waals surface area contributed by atoms with Gasteiger partial charge in [0.05, 0.1) is 12.1 Å². The Balaban J connectivity index is 1.48. The van der Waals surface area contributed by atoms with Crippen LogP contribution in [0.3, 0.4) is 0 Å². The van der Waals surface area contributed by atoms with Crippen LogP contribution in [0.2, 0.25) is 0 Å². The van der Waals surface area contributed by atoms with Gasteiger partial charge in [-0.05, 0) is 67.6 Å². The zero-order valence-corrected chi connectivity index (χ0v) is 16.9. The van der Waals surface area contributed by atoms with E-state index >= 15 is 0 Å². The normalized spacial score (nSPS) is 11.1. The van der Waals surface area contributed by atoms with E-state index in [1.54, 1.807) is 12.3 Å². The molecule has 29 heavy (non-hydrogen) atoms. The number of ether oxygens (including phenoxy) is 1. The van der Waals surface area contributed by atoms with Crippen LogP contribution in [-0.2, 0) is 6.54 Å². The van der Waals surface area contributed by atoms with Gasteiger partial charge in [-0.25, -0.2) is 0 Å². The highest BCUT2D eigenvalue weighted by Crippen LogP contribution is 2.16. The summed E-state index contributed by atoms with van der Waals surface area (Å²) in [6.45, 7) is 3.32. The minimum absolute atomic E-state index is 0.0952. The quantitative estimate of drug-likeness (QED) is 0.359. The van der Waals surface area contributed by atoms with Crippen LogP contribution >= 0.6 is 0 Å². The average molecular weight is 389 g/mol. The molecule has 0 radical (unpaired) electrons. The van der Waals surface area contributed by atoms with Gasteiger partial charge in [-0.15, -0.1) is 0 Å². The molecule has 0 aliphatic carbocycles. The number of carbonyl (C=O) groups excluding carboxylic acids is 1. The first-order chi connectivity index (χ1) is 14.3. The summed E-state index contributed by atoms with van der Waals surface area (Å²) in [5.41, 5.74) is 2.54. The number of benzene rings is 2. The molecule has 0 fully saturated rings. The van der Waals surface area contributed by atoms with Crippen molar-refractivity contribution in [1.29, 1.82) is 0 Å². The number of nitrogens with one attached hydrogen (secondary N) is 1. The van der Waals surface area contributed by atoms with E-state index in [2.05, 4.69) is 29.4 Å². The van der Waals surface area contributed by atoms with Gasteiger partial charge in [-0.1, -0.05) is 37.3 Å². The third-order valence-electron chi connectivity index (χ3n) is 4.65. The number of amides is 1. The van der Waals surface area contributed by atoms with E-state index in [0.717, 1.165) is 47.9 Å². The molecule has 0 spiro atoms. The van der Waals surface area contributed by atoms with E-state index < -0.39 is 0 Å². The molecule has 1 N–H and O–H groups in total. The second-order valence-corrected chi connectivity index (χ2v) is 6.96. The summed E-state index contributed by atoms with van der Waals surface area (Å²) < 4.78 is 5.85. The molecule has 0 aliphatic heterocycles. The van der Waals surface area contributed by atoms with Crippen molar-refractivity contribution in [2.45, 2.75) is 39.2 Å². The molecule has 0 saturated carbocycles. The van der Waals surface area contributed by atoms with E-state index in [4.69, 9.17) is 4.74 Å². The van der Waals surface area contributed by atoms with Gasteiger partial charge in [0, 0.05) is 23.7 Å². The van der Waals surface area contributed by atoms with Gasteiger partial charge in [-0.2, -0.15) is 0 Å². The Morgan fingerprint density at radius 2 is 2.00 bits per heavy atom. The fourth-order valence-electron chi connectivity index (χ4n) is 3.09. The van der Waals surface area contributed by atoms with Crippen LogP contribution in [0, 0.1) is 0 Å². The van der Waals surface area contributed by atoms with Gasteiger partial charge in [0.1, 0.15) is 5.75 Å². The van der Waals surface area contributed by atoms with Crippen molar-refractivity contribution in [2.24, 2.45) is 0 Å². The van der Waals surface area contributed by atoms with Crippen LogP contribution in [0.5, 0.6) is 5.75 Å². The standard InChI is InChI=1S/C25H28N2O2/c1-2-3-4-5-6-7-16-29-23-12-8-10-20(17-23)19-27-25(28)22-13-14-24-21(18-22)11-9-15-26-24/h3-4,8-15,17-18H,2,5-7,16,19H2,1H3,(H,27,28). The number of allylic oxidation sites excluding steroid dienone is 2. The lowest BCUT2D eigenvalue weighted by atomic mass is 10.1. The van der Waals surface area contributed by atoms with Crippen LogP contribution in [-0.4, -0.2) is 17.5 Å². The molecule has 0 unspecified atom stereocenters. The van der Waals surface area contributed by atoms with E-state index in [1.807, 2.05) is 48.5 Å². The molecule has 0 saturated heterocycles. The van der Waals surface area contributed by atoms with E-state index in [1.165, 1.54) is 0 Å². The summed E-state index contributed by atoms with van der Waals surface area (Å²) in [6.07, 6.45) is 10.6. The van der Waals surface area contributed by atoms with Gasteiger partial charge in [0.15, 0.2) is 0 Å². The van der Waals surface area contributed by atoms with Crippen LogP contribution < -0.4 is 10.1 Å². The largest absolute Gasteiger partial charge is 0.494 e. The predicted octanol–water partition coefficient (Wildman–Crippen LogP) is 5.68. The maximum Gasteiger partial charge on any atom is 0.251 e. The van der Waals surface area contributed by atoms with Crippen molar-refractivity contribution in [3.8, 4) is 5.75 Å². The Morgan fingerprint density at radius 1 is 1.07 bits per heavy atom. The Labute approximate surface area is 172 Å². The number of unbranched alkanes of at least 4 members (excludes halogenated alkanes) is 2. The zero-order valence-electron chi connectivity index (χ0n) is 16.9. The fraction of sp³-hybridized carbons (Fsp3) is 0.280. The summed E-state index contributed by atoms with van der Waals surface area (Å²) in [6, 6.07) is 17.3. The first-order valence-corrected chi connectivity index (χ1v) is 10.3. The number of rotatable bonds is 10. The van der Waals surface area contributed by atoms with Crippen LogP contribution in [0.15, 0.2) is 72.9 Å². The summed E-state index contributed by atoms with van der Waals surface area (Å²) in [4.78, 5) is 16.8. The third-order valence-corrected chi connectivity index (χ3v) is 4.65. The lowest BCUT2D eigenvalue weighted by Gasteiger charge is -2.09. The van der Waals surface area contributed by atoms with Crippen molar-refractivity contribution < 1.29 is 9.53 Å².